The molecule has 3 aromatic carbocycles. The number of aliphatic hydroxyl groups is 2. The van der Waals surface area contributed by atoms with Gasteiger partial charge in [-0.15, -0.1) is 0 Å². The third-order valence-corrected chi connectivity index (χ3v) is 8.57. The summed E-state index contributed by atoms with van der Waals surface area (Å²) in [6.45, 7) is 3.04. The molecular formula is C32H39O11P. The second-order valence-corrected chi connectivity index (χ2v) is 12.7. The predicted molar refractivity (Wildman–Crippen MR) is 158 cm³/mol. The highest BCUT2D eigenvalue weighted by Gasteiger charge is 2.58. The maximum Gasteiger partial charge on any atom is 0.475 e. The summed E-state index contributed by atoms with van der Waals surface area (Å²) in [4.78, 5) is 0. The largest absolute Gasteiger partial charge is 0.497 e. The number of benzene rings is 3. The molecule has 238 valence electrons. The maximum atomic E-state index is 13.6. The lowest BCUT2D eigenvalue weighted by atomic mass is 10.0. The minimum Gasteiger partial charge on any atom is -0.497 e. The lowest BCUT2D eigenvalue weighted by Crippen LogP contribution is -2.46. The first-order chi connectivity index (χ1) is 21.1. The number of phosphoric acid groups is 1. The molecule has 0 radical (unpaired) electrons. The Kier molecular flexibility index (Phi) is 10.9. The van der Waals surface area contributed by atoms with Gasteiger partial charge in [0.15, 0.2) is 12.1 Å². The number of aliphatic hydroxyl groups excluding tert-OH is 2. The Balaban J connectivity index is 1.22. The van der Waals surface area contributed by atoms with Crippen LogP contribution in [0.1, 0.15) is 30.5 Å². The minimum atomic E-state index is -4.18. The summed E-state index contributed by atoms with van der Waals surface area (Å²) in [5.74, 6) is -0.243. The van der Waals surface area contributed by atoms with Gasteiger partial charge in [0.25, 0.3) is 0 Å². The van der Waals surface area contributed by atoms with Gasteiger partial charge < -0.3 is 33.9 Å². The summed E-state index contributed by atoms with van der Waals surface area (Å²) in [6, 6.07) is 25.7. The highest BCUT2D eigenvalue weighted by molar-refractivity contribution is 7.48. The fourth-order valence-electron chi connectivity index (χ4n) is 4.95. The van der Waals surface area contributed by atoms with E-state index in [-0.39, 0.29) is 19.8 Å². The zero-order chi connectivity index (χ0) is 31.2. The van der Waals surface area contributed by atoms with Crippen LogP contribution in [0.4, 0.5) is 0 Å². The molecule has 6 atom stereocenters. The molecule has 11 nitrogen and oxygen atoms in total. The third-order valence-electron chi connectivity index (χ3n) is 7.22. The summed E-state index contributed by atoms with van der Waals surface area (Å²) >= 11 is 0. The lowest BCUT2D eigenvalue weighted by molar-refractivity contribution is -0.251. The maximum absolute atomic E-state index is 13.6. The summed E-state index contributed by atoms with van der Waals surface area (Å²) in [5.41, 5.74) is 2.39. The molecule has 0 saturated carbocycles. The number of phosphoric ester groups is 1. The molecule has 2 aliphatic rings. The zero-order valence-electron chi connectivity index (χ0n) is 24.9. The predicted octanol–water partition coefficient (Wildman–Crippen LogP) is 4.74. The van der Waals surface area contributed by atoms with Crippen molar-refractivity contribution in [3.8, 4) is 5.75 Å². The Hall–Kier alpha value is -2.67. The van der Waals surface area contributed by atoms with Crippen LogP contribution in [0.25, 0.3) is 0 Å². The zero-order valence-corrected chi connectivity index (χ0v) is 25.8. The van der Waals surface area contributed by atoms with Gasteiger partial charge in [0, 0.05) is 0 Å². The molecule has 2 saturated heterocycles. The normalized spacial score (nSPS) is 24.1. The van der Waals surface area contributed by atoms with E-state index < -0.39 is 57.0 Å². The van der Waals surface area contributed by atoms with Crippen LogP contribution in [0.2, 0.25) is 0 Å². The van der Waals surface area contributed by atoms with Crippen LogP contribution in [0, 0.1) is 0 Å². The van der Waals surface area contributed by atoms with Gasteiger partial charge >= 0.3 is 7.82 Å². The topological polar surface area (TPSA) is 131 Å². The molecule has 3 aromatic rings. The second kappa shape index (κ2) is 14.6. The Bertz CT molecular complexity index is 1310. The van der Waals surface area contributed by atoms with Gasteiger partial charge in [-0.1, -0.05) is 72.8 Å². The Morgan fingerprint density at radius 1 is 0.773 bits per heavy atom. The fraction of sp³-hybridized carbons (Fsp3) is 0.438. The average Bonchev–Trinajstić information content (AvgIpc) is 3.54. The Morgan fingerprint density at radius 2 is 1.32 bits per heavy atom. The minimum absolute atomic E-state index is 0.0471. The second-order valence-electron chi connectivity index (χ2n) is 11.0. The Labute approximate surface area is 257 Å². The van der Waals surface area contributed by atoms with Gasteiger partial charge in [-0.05, 0) is 42.7 Å². The molecule has 5 rings (SSSR count). The van der Waals surface area contributed by atoms with Crippen LogP contribution in [0.15, 0.2) is 84.9 Å². The van der Waals surface area contributed by atoms with E-state index in [0.29, 0.717) is 0 Å². The van der Waals surface area contributed by atoms with Crippen molar-refractivity contribution in [3.63, 3.8) is 0 Å². The lowest BCUT2D eigenvalue weighted by Gasteiger charge is -2.29. The van der Waals surface area contributed by atoms with Crippen molar-refractivity contribution in [1.29, 1.82) is 0 Å². The van der Waals surface area contributed by atoms with Crippen molar-refractivity contribution in [2.24, 2.45) is 0 Å². The average molecular weight is 631 g/mol. The number of fused-ring (bicyclic) bond motifs is 1. The molecule has 12 heteroatoms. The van der Waals surface area contributed by atoms with Crippen LogP contribution in [-0.4, -0.2) is 66.5 Å². The summed E-state index contributed by atoms with van der Waals surface area (Å²) < 4.78 is 59.7. The van der Waals surface area contributed by atoms with E-state index in [1.165, 1.54) is 0 Å². The van der Waals surface area contributed by atoms with E-state index in [2.05, 4.69) is 0 Å². The third kappa shape index (κ3) is 8.52. The molecule has 2 fully saturated rings. The van der Waals surface area contributed by atoms with E-state index in [1.54, 1.807) is 21.0 Å². The van der Waals surface area contributed by atoms with Gasteiger partial charge in [-0.3, -0.25) is 13.6 Å². The molecule has 0 bridgehead atoms. The van der Waals surface area contributed by atoms with Gasteiger partial charge in [0.05, 0.1) is 33.5 Å². The number of hydrogen-bond acceptors (Lipinski definition) is 11. The monoisotopic (exact) mass is 630 g/mol. The first-order valence-corrected chi connectivity index (χ1v) is 15.8. The first kappa shape index (κ1) is 32.7. The van der Waals surface area contributed by atoms with Crippen LogP contribution >= 0.6 is 7.82 Å². The van der Waals surface area contributed by atoms with Crippen molar-refractivity contribution >= 4 is 7.82 Å². The molecule has 1 unspecified atom stereocenters. The van der Waals surface area contributed by atoms with Crippen molar-refractivity contribution in [1.82, 2.24) is 0 Å². The van der Waals surface area contributed by atoms with Crippen LogP contribution in [0.5, 0.6) is 5.75 Å². The van der Waals surface area contributed by atoms with Crippen LogP contribution < -0.4 is 4.74 Å². The van der Waals surface area contributed by atoms with Crippen molar-refractivity contribution in [3.05, 3.63) is 102 Å². The molecule has 0 aliphatic carbocycles. The van der Waals surface area contributed by atoms with Crippen molar-refractivity contribution < 1.29 is 52.0 Å². The molecule has 2 aliphatic heterocycles. The first-order valence-electron chi connectivity index (χ1n) is 14.4. The SMILES string of the molecule is COc1ccc(CO[C@H]2O[C@H]([C@H](O)[C@H](O)COP(=O)(OCc3ccccc3)OCc3ccccc3)[C@H]3OC(C)(C)OC23)cc1. The van der Waals surface area contributed by atoms with Gasteiger partial charge in [0.1, 0.15) is 36.3 Å². The van der Waals surface area contributed by atoms with Crippen molar-refractivity contribution in [2.45, 2.75) is 76.3 Å². The summed E-state index contributed by atoms with van der Waals surface area (Å²) in [7, 11) is -2.59. The van der Waals surface area contributed by atoms with Crippen molar-refractivity contribution in [2.75, 3.05) is 13.7 Å². The number of methoxy groups -OCH3 is 1. The van der Waals surface area contributed by atoms with Gasteiger partial charge in [-0.25, -0.2) is 4.57 Å². The van der Waals surface area contributed by atoms with E-state index in [1.807, 2.05) is 84.9 Å². The van der Waals surface area contributed by atoms with Crippen LogP contribution in [0.3, 0.4) is 0 Å². The highest BCUT2D eigenvalue weighted by Crippen LogP contribution is 2.51. The van der Waals surface area contributed by atoms with E-state index in [0.717, 1.165) is 22.4 Å². The highest BCUT2D eigenvalue weighted by atomic mass is 31.2. The molecule has 2 N–H and O–H groups in total. The smallest absolute Gasteiger partial charge is 0.475 e. The number of ether oxygens (including phenoxy) is 5. The molecular weight excluding hydrogens is 591 g/mol. The summed E-state index contributed by atoms with van der Waals surface area (Å²) in [5, 5.41) is 22.1. The number of rotatable bonds is 15. The number of hydrogen-bond donors (Lipinski definition) is 2. The van der Waals surface area contributed by atoms with E-state index in [4.69, 9.17) is 37.3 Å². The molecule has 0 aromatic heterocycles. The van der Waals surface area contributed by atoms with Gasteiger partial charge in [0.2, 0.25) is 0 Å². The molecule has 0 amide bonds. The standard InChI is InChI=1S/C32H39O11P/c1-32(2)42-29-28(41-31(30(29)43-32)37-18-24-14-16-25(36-3)17-15-24)27(34)26(33)21-40-44(35,38-19-22-10-6-4-7-11-22)39-20-23-12-8-5-9-13-23/h4-17,26-31,33-34H,18-21H2,1-3H3/t26-,27-,28-,29-,30?,31+/m1/s1. The molecule has 0 spiro atoms. The van der Waals surface area contributed by atoms with Gasteiger partial charge in [-0.2, -0.15) is 0 Å². The Morgan fingerprint density at radius 3 is 1.89 bits per heavy atom. The molecule has 44 heavy (non-hydrogen) atoms. The quantitative estimate of drug-likeness (QED) is 0.226. The van der Waals surface area contributed by atoms with Crippen LogP contribution in [-0.2, 0) is 56.9 Å². The molecule has 2 heterocycles. The van der Waals surface area contributed by atoms with E-state index >= 15 is 0 Å². The summed E-state index contributed by atoms with van der Waals surface area (Å²) in [6.07, 6.45) is -6.37. The van der Waals surface area contributed by atoms with E-state index in [9.17, 15) is 14.8 Å². The fourth-order valence-corrected chi connectivity index (χ4v) is 6.13.